The van der Waals surface area contributed by atoms with Gasteiger partial charge in [0.1, 0.15) is 0 Å². The minimum atomic E-state index is 0.663. The highest BCUT2D eigenvalue weighted by Crippen LogP contribution is 2.41. The van der Waals surface area contributed by atoms with E-state index in [1.165, 1.54) is 38.9 Å². The van der Waals surface area contributed by atoms with E-state index in [1.807, 2.05) is 0 Å². The first-order valence-corrected chi connectivity index (χ1v) is 4.93. The molecule has 0 saturated carbocycles. The van der Waals surface area contributed by atoms with Crippen LogP contribution in [0.5, 0.6) is 0 Å². The van der Waals surface area contributed by atoms with E-state index >= 15 is 0 Å². The molecule has 0 amide bonds. The van der Waals surface area contributed by atoms with Crippen LogP contribution in [-0.2, 0) is 0 Å². The maximum absolute atomic E-state index is 2.65. The van der Waals surface area contributed by atoms with Crippen molar-refractivity contribution >= 4 is 0 Å². The summed E-state index contributed by atoms with van der Waals surface area (Å²) in [7, 11) is 0. The fourth-order valence-electron chi connectivity index (χ4n) is 2.70. The van der Waals surface area contributed by atoms with Crippen LogP contribution in [0.2, 0.25) is 0 Å². The molecule has 2 heterocycles. The molecule has 0 aromatic carbocycles. The molecule has 2 rings (SSSR count). The molecule has 0 aromatic rings. The van der Waals surface area contributed by atoms with Gasteiger partial charge in [-0.25, -0.2) is 0 Å². The quantitative estimate of drug-likeness (QED) is 0.515. The van der Waals surface area contributed by atoms with Crippen molar-refractivity contribution in [1.29, 1.82) is 0 Å². The number of fused-ring (bicyclic) bond motifs is 2. The summed E-state index contributed by atoms with van der Waals surface area (Å²) >= 11 is 0. The summed E-state index contributed by atoms with van der Waals surface area (Å²) in [5, 5.41) is 0. The fraction of sp³-hybridized carbons (Fsp3) is 1.00. The van der Waals surface area contributed by atoms with Crippen molar-refractivity contribution in [3.8, 4) is 0 Å². The molecule has 2 saturated heterocycles. The molecule has 0 N–H and O–H groups in total. The second-order valence-corrected chi connectivity index (χ2v) is 4.75. The lowest BCUT2D eigenvalue weighted by atomic mass is 9.77. The third kappa shape index (κ3) is 1.20. The van der Waals surface area contributed by atoms with Crippen molar-refractivity contribution in [2.45, 2.75) is 33.1 Å². The first-order chi connectivity index (χ1) is 5.21. The van der Waals surface area contributed by atoms with Gasteiger partial charge < -0.3 is 4.90 Å². The molecule has 2 fully saturated rings. The van der Waals surface area contributed by atoms with Gasteiger partial charge in [-0.05, 0) is 30.7 Å². The van der Waals surface area contributed by atoms with Crippen LogP contribution in [0.3, 0.4) is 0 Å². The molecule has 0 aromatic heterocycles. The Morgan fingerprint density at radius 3 is 3.00 bits per heavy atom. The minimum Gasteiger partial charge on any atom is -0.302 e. The standard InChI is InChI=1S/C10H19N/c1-9-7-11-6-4-3-5-10(9,2)8-11/h9H,3-8H2,1-2H3. The molecule has 11 heavy (non-hydrogen) atoms. The summed E-state index contributed by atoms with van der Waals surface area (Å²) in [6.07, 6.45) is 4.35. The summed E-state index contributed by atoms with van der Waals surface area (Å²) < 4.78 is 0. The van der Waals surface area contributed by atoms with E-state index in [-0.39, 0.29) is 0 Å². The van der Waals surface area contributed by atoms with Crippen molar-refractivity contribution in [3.05, 3.63) is 0 Å². The van der Waals surface area contributed by atoms with E-state index in [1.54, 1.807) is 0 Å². The topological polar surface area (TPSA) is 3.24 Å². The van der Waals surface area contributed by atoms with Crippen molar-refractivity contribution in [1.82, 2.24) is 4.90 Å². The third-order valence-electron chi connectivity index (χ3n) is 3.78. The summed E-state index contributed by atoms with van der Waals surface area (Å²) in [4.78, 5) is 2.65. The zero-order valence-electron chi connectivity index (χ0n) is 7.77. The lowest BCUT2D eigenvalue weighted by Crippen LogP contribution is -2.23. The molecule has 1 nitrogen and oxygen atoms in total. The second kappa shape index (κ2) is 2.48. The SMILES string of the molecule is CC1CN2CCCCC1(C)C2. The fourth-order valence-corrected chi connectivity index (χ4v) is 2.70. The van der Waals surface area contributed by atoms with Gasteiger partial charge in [0.2, 0.25) is 0 Å². The number of hydrogen-bond acceptors (Lipinski definition) is 1. The van der Waals surface area contributed by atoms with Crippen LogP contribution >= 0.6 is 0 Å². The molecule has 3 atom stereocenters. The third-order valence-corrected chi connectivity index (χ3v) is 3.78. The largest absolute Gasteiger partial charge is 0.302 e. The maximum Gasteiger partial charge on any atom is 0.00385 e. The number of rotatable bonds is 0. The molecular formula is C10H19N. The van der Waals surface area contributed by atoms with Gasteiger partial charge in [0.05, 0.1) is 0 Å². The van der Waals surface area contributed by atoms with Crippen LogP contribution < -0.4 is 0 Å². The van der Waals surface area contributed by atoms with Crippen molar-refractivity contribution in [2.24, 2.45) is 11.3 Å². The van der Waals surface area contributed by atoms with Gasteiger partial charge >= 0.3 is 0 Å². The summed E-state index contributed by atoms with van der Waals surface area (Å²) in [5.74, 6) is 0.933. The summed E-state index contributed by atoms with van der Waals surface area (Å²) in [6, 6.07) is 0. The highest BCUT2D eigenvalue weighted by molar-refractivity contribution is 4.93. The van der Waals surface area contributed by atoms with E-state index in [0.717, 1.165) is 5.92 Å². The molecule has 2 aliphatic heterocycles. The van der Waals surface area contributed by atoms with Crippen LogP contribution in [0.1, 0.15) is 33.1 Å². The van der Waals surface area contributed by atoms with Crippen LogP contribution in [0.25, 0.3) is 0 Å². The zero-order valence-corrected chi connectivity index (χ0v) is 7.77. The van der Waals surface area contributed by atoms with Crippen LogP contribution in [0.15, 0.2) is 0 Å². The summed E-state index contributed by atoms with van der Waals surface area (Å²) in [5.41, 5.74) is 0.663. The molecule has 1 heteroatoms. The van der Waals surface area contributed by atoms with E-state index in [2.05, 4.69) is 18.7 Å². The van der Waals surface area contributed by atoms with Gasteiger partial charge in [0.15, 0.2) is 0 Å². The molecule has 3 unspecified atom stereocenters. The van der Waals surface area contributed by atoms with Crippen LogP contribution in [-0.4, -0.2) is 24.5 Å². The average molecular weight is 153 g/mol. The zero-order chi connectivity index (χ0) is 7.90. The Morgan fingerprint density at radius 2 is 2.18 bits per heavy atom. The predicted molar refractivity (Wildman–Crippen MR) is 47.6 cm³/mol. The first kappa shape index (κ1) is 7.60. The Bertz CT molecular complexity index is 155. The van der Waals surface area contributed by atoms with Crippen molar-refractivity contribution in [3.63, 3.8) is 0 Å². The maximum atomic E-state index is 2.65. The van der Waals surface area contributed by atoms with Crippen LogP contribution in [0.4, 0.5) is 0 Å². The molecule has 2 aliphatic rings. The summed E-state index contributed by atoms with van der Waals surface area (Å²) in [6.45, 7) is 8.99. The Hall–Kier alpha value is -0.0400. The second-order valence-electron chi connectivity index (χ2n) is 4.75. The van der Waals surface area contributed by atoms with Gasteiger partial charge in [0.25, 0.3) is 0 Å². The lowest BCUT2D eigenvalue weighted by Gasteiger charge is -2.27. The van der Waals surface area contributed by atoms with Gasteiger partial charge in [-0.1, -0.05) is 20.3 Å². The minimum absolute atomic E-state index is 0.663. The number of hydrogen-bond donors (Lipinski definition) is 0. The Morgan fingerprint density at radius 1 is 1.36 bits per heavy atom. The van der Waals surface area contributed by atoms with E-state index in [9.17, 15) is 0 Å². The predicted octanol–water partition coefficient (Wildman–Crippen LogP) is 2.13. The van der Waals surface area contributed by atoms with Crippen LogP contribution in [0, 0.1) is 11.3 Å². The first-order valence-electron chi connectivity index (χ1n) is 4.93. The Labute approximate surface area is 69.8 Å². The molecular weight excluding hydrogens is 134 g/mol. The highest BCUT2D eigenvalue weighted by Gasteiger charge is 2.40. The average Bonchev–Trinajstić information content (AvgIpc) is 2.18. The molecule has 0 radical (unpaired) electrons. The molecule has 64 valence electrons. The number of nitrogens with zero attached hydrogens (tertiary/aromatic N) is 1. The highest BCUT2D eigenvalue weighted by atomic mass is 15.2. The molecule has 0 aliphatic carbocycles. The van der Waals surface area contributed by atoms with E-state index < -0.39 is 0 Å². The van der Waals surface area contributed by atoms with Crippen molar-refractivity contribution in [2.75, 3.05) is 19.6 Å². The Kier molecular flexibility index (Phi) is 1.71. The lowest BCUT2D eigenvalue weighted by molar-refractivity contribution is 0.247. The van der Waals surface area contributed by atoms with Gasteiger partial charge in [-0.2, -0.15) is 0 Å². The monoisotopic (exact) mass is 153 g/mol. The van der Waals surface area contributed by atoms with Gasteiger partial charge in [0, 0.05) is 13.1 Å². The molecule has 0 spiro atoms. The normalized spacial score (nSPS) is 50.7. The van der Waals surface area contributed by atoms with E-state index in [0.29, 0.717) is 5.41 Å². The van der Waals surface area contributed by atoms with Gasteiger partial charge in [-0.15, -0.1) is 0 Å². The van der Waals surface area contributed by atoms with Crippen molar-refractivity contribution < 1.29 is 0 Å². The van der Waals surface area contributed by atoms with E-state index in [4.69, 9.17) is 0 Å². The Balaban J connectivity index is 2.15. The smallest absolute Gasteiger partial charge is 0.00385 e. The molecule has 2 bridgehead atoms. The van der Waals surface area contributed by atoms with Gasteiger partial charge in [-0.3, -0.25) is 0 Å².